The number of aliphatic hydroxyl groups excluding tert-OH is 1. The third-order valence-corrected chi connectivity index (χ3v) is 0.478. The Morgan fingerprint density at radius 3 is 2.88 bits per heavy atom. The van der Waals surface area contributed by atoms with Gasteiger partial charge in [-0.1, -0.05) is 11.8 Å². The molecular formula is C5H7NO2. The predicted molar refractivity (Wildman–Crippen MR) is 28.9 cm³/mol. The summed E-state index contributed by atoms with van der Waals surface area (Å²) in [6, 6.07) is 0. The minimum absolute atomic E-state index is 0.152. The highest BCUT2D eigenvalue weighted by Gasteiger charge is 1.67. The normalized spacial score (nSPS) is 6.62. The van der Waals surface area contributed by atoms with E-state index in [9.17, 15) is 4.79 Å². The van der Waals surface area contributed by atoms with Crippen molar-refractivity contribution in [2.75, 3.05) is 13.2 Å². The van der Waals surface area contributed by atoms with Crippen LogP contribution in [0.3, 0.4) is 0 Å². The van der Waals surface area contributed by atoms with Crippen LogP contribution in [0.1, 0.15) is 0 Å². The van der Waals surface area contributed by atoms with Gasteiger partial charge in [0.2, 0.25) is 6.41 Å². The maximum atomic E-state index is 9.53. The number of amides is 1. The standard InChI is InChI=1S/C5H7NO2/c7-4-2-1-3-6-5-8/h5,7H,3-4H2,(H,6,8). The lowest BCUT2D eigenvalue weighted by Crippen LogP contribution is -2.09. The molecule has 0 heterocycles. The summed E-state index contributed by atoms with van der Waals surface area (Å²) in [5.74, 6) is 4.86. The molecular weight excluding hydrogens is 106 g/mol. The van der Waals surface area contributed by atoms with Gasteiger partial charge in [0, 0.05) is 0 Å². The molecule has 0 spiro atoms. The fourth-order valence-electron chi connectivity index (χ4n) is 0.211. The van der Waals surface area contributed by atoms with Crippen molar-refractivity contribution in [3.8, 4) is 11.8 Å². The van der Waals surface area contributed by atoms with Crippen molar-refractivity contribution in [2.24, 2.45) is 0 Å². The summed E-state index contributed by atoms with van der Waals surface area (Å²) in [6.45, 7) is 0.157. The van der Waals surface area contributed by atoms with Gasteiger partial charge in [-0.15, -0.1) is 0 Å². The van der Waals surface area contributed by atoms with E-state index < -0.39 is 0 Å². The number of carbonyl (C=O) groups is 1. The molecule has 8 heavy (non-hydrogen) atoms. The van der Waals surface area contributed by atoms with Gasteiger partial charge < -0.3 is 10.4 Å². The molecule has 0 fully saturated rings. The lowest BCUT2D eigenvalue weighted by atomic mass is 10.6. The summed E-state index contributed by atoms with van der Waals surface area (Å²) in [7, 11) is 0. The summed E-state index contributed by atoms with van der Waals surface area (Å²) < 4.78 is 0. The molecule has 3 nitrogen and oxygen atoms in total. The average molecular weight is 113 g/mol. The molecule has 0 aliphatic rings. The van der Waals surface area contributed by atoms with Crippen LogP contribution in [0.15, 0.2) is 0 Å². The van der Waals surface area contributed by atoms with Gasteiger partial charge in [-0.05, 0) is 0 Å². The van der Waals surface area contributed by atoms with Crippen molar-refractivity contribution in [3.05, 3.63) is 0 Å². The highest BCUT2D eigenvalue weighted by atomic mass is 16.2. The van der Waals surface area contributed by atoms with E-state index in [1.807, 2.05) is 0 Å². The smallest absolute Gasteiger partial charge is 0.207 e. The minimum Gasteiger partial charge on any atom is -0.384 e. The zero-order chi connectivity index (χ0) is 6.24. The third kappa shape index (κ3) is 4.99. The Morgan fingerprint density at radius 2 is 2.38 bits per heavy atom. The quantitative estimate of drug-likeness (QED) is 0.266. The first-order chi connectivity index (χ1) is 3.91. The SMILES string of the molecule is O=CNCC#CCO. The lowest BCUT2D eigenvalue weighted by Gasteiger charge is -1.81. The van der Waals surface area contributed by atoms with Gasteiger partial charge in [-0.2, -0.15) is 0 Å². The molecule has 0 radical (unpaired) electrons. The molecule has 0 aliphatic heterocycles. The Morgan fingerprint density at radius 1 is 1.62 bits per heavy atom. The van der Waals surface area contributed by atoms with Crippen molar-refractivity contribution in [1.82, 2.24) is 5.32 Å². The van der Waals surface area contributed by atoms with Crippen molar-refractivity contribution < 1.29 is 9.90 Å². The largest absolute Gasteiger partial charge is 0.384 e. The molecule has 1 amide bonds. The van der Waals surface area contributed by atoms with E-state index in [4.69, 9.17) is 5.11 Å². The number of carbonyl (C=O) groups excluding carboxylic acids is 1. The van der Waals surface area contributed by atoms with Crippen LogP contribution in [-0.2, 0) is 4.79 Å². The van der Waals surface area contributed by atoms with Crippen LogP contribution in [0.25, 0.3) is 0 Å². The predicted octanol–water partition coefficient (Wildman–Crippen LogP) is -1.27. The summed E-state index contributed by atoms with van der Waals surface area (Å²) >= 11 is 0. The Hall–Kier alpha value is -1.01. The Bertz CT molecular complexity index is 111. The van der Waals surface area contributed by atoms with Gasteiger partial charge in [-0.25, -0.2) is 0 Å². The van der Waals surface area contributed by atoms with E-state index in [0.29, 0.717) is 13.0 Å². The highest BCUT2D eigenvalue weighted by Crippen LogP contribution is 1.50. The van der Waals surface area contributed by atoms with Gasteiger partial charge in [0.05, 0.1) is 6.54 Å². The third-order valence-electron chi connectivity index (χ3n) is 0.478. The molecule has 3 heteroatoms. The molecule has 0 saturated carbocycles. The summed E-state index contributed by atoms with van der Waals surface area (Å²) in [4.78, 5) is 9.53. The second-order valence-electron chi connectivity index (χ2n) is 1.01. The molecule has 0 aliphatic carbocycles. The van der Waals surface area contributed by atoms with Crippen LogP contribution in [-0.4, -0.2) is 24.7 Å². The molecule has 0 aromatic heterocycles. The summed E-state index contributed by atoms with van der Waals surface area (Å²) in [6.07, 6.45) is 0.562. The van der Waals surface area contributed by atoms with E-state index in [2.05, 4.69) is 17.2 Å². The van der Waals surface area contributed by atoms with Gasteiger partial charge >= 0.3 is 0 Å². The second kappa shape index (κ2) is 5.99. The van der Waals surface area contributed by atoms with E-state index in [-0.39, 0.29) is 6.61 Å². The number of nitrogens with one attached hydrogen (secondary N) is 1. The van der Waals surface area contributed by atoms with E-state index in [1.165, 1.54) is 0 Å². The van der Waals surface area contributed by atoms with Crippen LogP contribution < -0.4 is 5.32 Å². The summed E-state index contributed by atoms with van der Waals surface area (Å²) in [5.41, 5.74) is 0. The number of hydrogen-bond donors (Lipinski definition) is 2. The molecule has 44 valence electrons. The van der Waals surface area contributed by atoms with Crippen LogP contribution in [0.5, 0.6) is 0 Å². The van der Waals surface area contributed by atoms with Gasteiger partial charge in [0.1, 0.15) is 6.61 Å². The van der Waals surface area contributed by atoms with Crippen molar-refractivity contribution in [1.29, 1.82) is 0 Å². The van der Waals surface area contributed by atoms with Crippen LogP contribution in [0.2, 0.25) is 0 Å². The zero-order valence-electron chi connectivity index (χ0n) is 4.35. The molecule has 0 atom stereocenters. The Kier molecular flexibility index (Phi) is 5.23. The van der Waals surface area contributed by atoms with Crippen molar-refractivity contribution in [2.45, 2.75) is 0 Å². The first kappa shape index (κ1) is 6.99. The lowest BCUT2D eigenvalue weighted by molar-refractivity contribution is -0.109. The fraction of sp³-hybridized carbons (Fsp3) is 0.400. The van der Waals surface area contributed by atoms with E-state index in [1.54, 1.807) is 0 Å². The second-order valence-corrected chi connectivity index (χ2v) is 1.01. The Balaban J connectivity index is 3.02. The molecule has 0 saturated heterocycles. The van der Waals surface area contributed by atoms with Gasteiger partial charge in [-0.3, -0.25) is 4.79 Å². The molecule has 0 aromatic rings. The fourth-order valence-corrected chi connectivity index (χ4v) is 0.211. The highest BCUT2D eigenvalue weighted by molar-refractivity contribution is 5.46. The average Bonchev–Trinajstić information content (AvgIpc) is 1.81. The maximum Gasteiger partial charge on any atom is 0.207 e. The number of rotatable bonds is 2. The Labute approximate surface area is 47.7 Å². The van der Waals surface area contributed by atoms with Gasteiger partial charge in [0.25, 0.3) is 0 Å². The van der Waals surface area contributed by atoms with Crippen LogP contribution in [0.4, 0.5) is 0 Å². The minimum atomic E-state index is -0.152. The molecule has 0 bridgehead atoms. The maximum absolute atomic E-state index is 9.53. The van der Waals surface area contributed by atoms with E-state index in [0.717, 1.165) is 0 Å². The first-order valence-corrected chi connectivity index (χ1v) is 2.15. The summed E-state index contributed by atoms with van der Waals surface area (Å²) in [5, 5.41) is 10.4. The number of aliphatic hydroxyl groups is 1. The number of hydrogen-bond acceptors (Lipinski definition) is 2. The van der Waals surface area contributed by atoms with E-state index >= 15 is 0 Å². The molecule has 0 aromatic carbocycles. The topological polar surface area (TPSA) is 49.3 Å². The van der Waals surface area contributed by atoms with Crippen LogP contribution in [0, 0.1) is 11.8 Å². The van der Waals surface area contributed by atoms with Crippen LogP contribution >= 0.6 is 0 Å². The first-order valence-electron chi connectivity index (χ1n) is 2.15. The van der Waals surface area contributed by atoms with Crippen molar-refractivity contribution in [3.63, 3.8) is 0 Å². The molecule has 2 N–H and O–H groups in total. The van der Waals surface area contributed by atoms with Gasteiger partial charge in [0.15, 0.2) is 0 Å². The molecule has 0 unspecified atom stereocenters. The molecule has 0 rings (SSSR count). The van der Waals surface area contributed by atoms with Crippen molar-refractivity contribution >= 4 is 6.41 Å². The monoisotopic (exact) mass is 113 g/mol. The zero-order valence-corrected chi connectivity index (χ0v) is 4.35.